The molecule has 0 atom stereocenters. The van der Waals surface area contributed by atoms with E-state index in [4.69, 9.17) is 10.5 Å². The Labute approximate surface area is 121 Å². The molecule has 0 radical (unpaired) electrons. The maximum atomic E-state index is 11.3. The lowest BCUT2D eigenvalue weighted by Crippen LogP contribution is -2.25. The molecule has 1 aromatic heterocycles. The molecule has 3 rings (SSSR count). The van der Waals surface area contributed by atoms with Crippen LogP contribution in [0.15, 0.2) is 24.4 Å². The van der Waals surface area contributed by atoms with Gasteiger partial charge in [0, 0.05) is 12.3 Å². The van der Waals surface area contributed by atoms with E-state index >= 15 is 0 Å². The number of hydrogen-bond acceptors (Lipinski definition) is 6. The van der Waals surface area contributed by atoms with Crippen LogP contribution in [-0.4, -0.2) is 22.5 Å². The Hall–Kier alpha value is -2.83. The van der Waals surface area contributed by atoms with Crippen LogP contribution < -0.4 is 21.1 Å². The van der Waals surface area contributed by atoms with Crippen molar-refractivity contribution in [2.45, 2.75) is 13.5 Å². The predicted molar refractivity (Wildman–Crippen MR) is 79.1 cm³/mol. The number of ether oxygens (including phenoxy) is 1. The number of fused-ring (bicyclic) bond motifs is 1. The van der Waals surface area contributed by atoms with Gasteiger partial charge >= 0.3 is 0 Å². The molecule has 1 aliphatic rings. The highest BCUT2D eigenvalue weighted by Gasteiger charge is 2.17. The molecule has 108 valence electrons. The first-order valence-corrected chi connectivity index (χ1v) is 6.50. The van der Waals surface area contributed by atoms with Crippen molar-refractivity contribution in [1.29, 1.82) is 0 Å². The second-order valence-electron chi connectivity index (χ2n) is 4.72. The van der Waals surface area contributed by atoms with Crippen molar-refractivity contribution in [2.75, 3.05) is 23.0 Å². The van der Waals surface area contributed by atoms with E-state index < -0.39 is 0 Å². The first kappa shape index (κ1) is 13.2. The number of hydrogen-bond donors (Lipinski definition) is 3. The minimum Gasteiger partial charge on any atom is -0.482 e. The summed E-state index contributed by atoms with van der Waals surface area (Å²) in [4.78, 5) is 19.7. The molecular formula is C14H15N5O2. The number of anilines is 3. The highest BCUT2D eigenvalue weighted by atomic mass is 16.5. The summed E-state index contributed by atoms with van der Waals surface area (Å²) in [6.07, 6.45) is 1.71. The van der Waals surface area contributed by atoms with Crippen molar-refractivity contribution in [3.63, 3.8) is 0 Å². The number of rotatable bonds is 3. The third-order valence-electron chi connectivity index (χ3n) is 3.08. The van der Waals surface area contributed by atoms with Crippen LogP contribution in [0.25, 0.3) is 0 Å². The van der Waals surface area contributed by atoms with Crippen LogP contribution in [0, 0.1) is 6.92 Å². The van der Waals surface area contributed by atoms with E-state index in [1.165, 1.54) is 0 Å². The lowest BCUT2D eigenvalue weighted by atomic mass is 10.2. The summed E-state index contributed by atoms with van der Waals surface area (Å²) in [5.74, 6) is 1.12. The Morgan fingerprint density at radius 1 is 1.48 bits per heavy atom. The van der Waals surface area contributed by atoms with E-state index in [1.54, 1.807) is 18.3 Å². The largest absolute Gasteiger partial charge is 0.482 e. The summed E-state index contributed by atoms with van der Waals surface area (Å²) in [7, 11) is 0. The topological polar surface area (TPSA) is 102 Å². The fourth-order valence-electron chi connectivity index (χ4n) is 2.08. The van der Waals surface area contributed by atoms with Gasteiger partial charge in [-0.3, -0.25) is 4.79 Å². The van der Waals surface area contributed by atoms with E-state index in [0.29, 0.717) is 29.5 Å². The lowest BCUT2D eigenvalue weighted by molar-refractivity contribution is -0.118. The summed E-state index contributed by atoms with van der Waals surface area (Å²) in [6, 6.07) is 5.29. The van der Waals surface area contributed by atoms with Crippen molar-refractivity contribution in [2.24, 2.45) is 0 Å². The average Bonchev–Trinajstić information content (AvgIpc) is 2.45. The van der Waals surface area contributed by atoms with Crippen LogP contribution in [-0.2, 0) is 11.3 Å². The van der Waals surface area contributed by atoms with Crippen LogP contribution in [0.4, 0.5) is 17.1 Å². The van der Waals surface area contributed by atoms with Gasteiger partial charge in [0.15, 0.2) is 6.61 Å². The van der Waals surface area contributed by atoms with E-state index in [0.717, 1.165) is 11.4 Å². The number of carbonyl (C=O) groups excluding carboxylic acids is 1. The Morgan fingerprint density at radius 2 is 2.33 bits per heavy atom. The summed E-state index contributed by atoms with van der Waals surface area (Å²) < 4.78 is 5.31. The maximum Gasteiger partial charge on any atom is 0.262 e. The van der Waals surface area contributed by atoms with E-state index in [1.807, 2.05) is 13.0 Å². The third-order valence-corrected chi connectivity index (χ3v) is 3.08. The molecular weight excluding hydrogens is 270 g/mol. The first-order valence-electron chi connectivity index (χ1n) is 6.50. The van der Waals surface area contributed by atoms with Gasteiger partial charge in [-0.25, -0.2) is 9.97 Å². The smallest absolute Gasteiger partial charge is 0.262 e. The number of nitrogens with zero attached hydrogens (tertiary/aromatic N) is 2. The number of amides is 1. The molecule has 0 spiro atoms. The van der Waals surface area contributed by atoms with E-state index in [-0.39, 0.29) is 12.5 Å². The van der Waals surface area contributed by atoms with Crippen LogP contribution in [0.5, 0.6) is 5.75 Å². The summed E-state index contributed by atoms with van der Waals surface area (Å²) >= 11 is 0. The molecule has 0 saturated carbocycles. The minimum atomic E-state index is -0.176. The zero-order chi connectivity index (χ0) is 14.8. The number of nitrogens with one attached hydrogen (secondary N) is 2. The van der Waals surface area contributed by atoms with Gasteiger partial charge in [-0.1, -0.05) is 0 Å². The zero-order valence-electron chi connectivity index (χ0n) is 11.5. The molecule has 0 unspecified atom stereocenters. The van der Waals surface area contributed by atoms with Crippen LogP contribution >= 0.6 is 0 Å². The minimum absolute atomic E-state index is 0.0133. The molecule has 1 aliphatic heterocycles. The quantitative estimate of drug-likeness (QED) is 0.735. The molecule has 0 bridgehead atoms. The van der Waals surface area contributed by atoms with Crippen LogP contribution in [0.3, 0.4) is 0 Å². The zero-order valence-corrected chi connectivity index (χ0v) is 11.5. The second-order valence-corrected chi connectivity index (χ2v) is 4.72. The first-order chi connectivity index (χ1) is 10.1. The normalized spacial score (nSPS) is 13.1. The maximum absolute atomic E-state index is 11.3. The molecule has 7 nitrogen and oxygen atoms in total. The summed E-state index contributed by atoms with van der Waals surface area (Å²) in [5.41, 5.74) is 8.73. The summed E-state index contributed by atoms with van der Waals surface area (Å²) in [6.45, 7) is 2.37. The highest BCUT2D eigenvalue weighted by Crippen LogP contribution is 2.35. The van der Waals surface area contributed by atoms with Crippen molar-refractivity contribution in [3.8, 4) is 5.75 Å². The third kappa shape index (κ3) is 2.86. The SMILES string of the molecule is Cc1nccc(CNc2cc3c(cc2N)OCC(=O)N3)n1. The van der Waals surface area contributed by atoms with Gasteiger partial charge in [0.2, 0.25) is 0 Å². The van der Waals surface area contributed by atoms with Gasteiger partial charge in [0.05, 0.1) is 29.3 Å². The molecule has 0 fully saturated rings. The van der Waals surface area contributed by atoms with Crippen molar-refractivity contribution in [3.05, 3.63) is 35.9 Å². The van der Waals surface area contributed by atoms with Crippen molar-refractivity contribution < 1.29 is 9.53 Å². The Kier molecular flexibility index (Phi) is 3.31. The van der Waals surface area contributed by atoms with Crippen molar-refractivity contribution >= 4 is 23.0 Å². The molecule has 2 heterocycles. The highest BCUT2D eigenvalue weighted by molar-refractivity contribution is 5.97. The number of carbonyl (C=O) groups is 1. The lowest BCUT2D eigenvalue weighted by Gasteiger charge is -2.20. The molecule has 7 heteroatoms. The number of nitrogens with two attached hydrogens (primary N) is 1. The van der Waals surface area contributed by atoms with E-state index in [2.05, 4.69) is 20.6 Å². The monoisotopic (exact) mass is 285 g/mol. The average molecular weight is 285 g/mol. The second kappa shape index (κ2) is 5.28. The number of benzene rings is 1. The summed E-state index contributed by atoms with van der Waals surface area (Å²) in [5, 5.41) is 5.95. The van der Waals surface area contributed by atoms with E-state index in [9.17, 15) is 4.79 Å². The Balaban J connectivity index is 1.79. The molecule has 2 aromatic rings. The predicted octanol–water partition coefficient (Wildman–Crippen LogP) is 1.31. The van der Waals surface area contributed by atoms with Gasteiger partial charge in [-0.05, 0) is 19.1 Å². The molecule has 21 heavy (non-hydrogen) atoms. The molecule has 1 aromatic carbocycles. The molecule has 4 N–H and O–H groups in total. The molecule has 0 aliphatic carbocycles. The fraction of sp³-hybridized carbons (Fsp3) is 0.214. The number of aryl methyl sites for hydroxylation is 1. The van der Waals surface area contributed by atoms with Gasteiger partial charge in [-0.15, -0.1) is 0 Å². The Morgan fingerprint density at radius 3 is 3.14 bits per heavy atom. The van der Waals surface area contributed by atoms with Gasteiger partial charge in [0.25, 0.3) is 5.91 Å². The van der Waals surface area contributed by atoms with Crippen molar-refractivity contribution in [1.82, 2.24) is 9.97 Å². The van der Waals surface area contributed by atoms with Crippen LogP contribution in [0.1, 0.15) is 11.5 Å². The molecule has 1 amide bonds. The van der Waals surface area contributed by atoms with Gasteiger partial charge < -0.3 is 21.1 Å². The van der Waals surface area contributed by atoms with Gasteiger partial charge in [0.1, 0.15) is 11.6 Å². The van der Waals surface area contributed by atoms with Crippen LogP contribution in [0.2, 0.25) is 0 Å². The molecule has 0 saturated heterocycles. The van der Waals surface area contributed by atoms with Gasteiger partial charge in [-0.2, -0.15) is 0 Å². The fourth-order valence-corrected chi connectivity index (χ4v) is 2.08. The number of nitrogen functional groups attached to an aromatic ring is 1. The number of aromatic nitrogens is 2. The Bertz CT molecular complexity index is 702. The standard InChI is InChI=1S/C14H15N5O2/c1-8-16-3-2-9(18-8)6-17-11-5-12-13(4-10(11)15)21-7-14(20)19-12/h2-5,17H,6-7,15H2,1H3,(H,19,20).